The van der Waals surface area contributed by atoms with Crippen LogP contribution in [0.3, 0.4) is 0 Å². The maximum atomic E-state index is 10.8. The van der Waals surface area contributed by atoms with Crippen LogP contribution in [0.2, 0.25) is 0 Å². The molecule has 0 aromatic rings. The minimum atomic E-state index is -0.169. The smallest absolute Gasteiger partial charge is 0.306 e. The van der Waals surface area contributed by atoms with Crippen LogP contribution in [0.15, 0.2) is 11.6 Å². The Morgan fingerprint density at radius 1 is 1.91 bits per heavy atom. The van der Waals surface area contributed by atoms with Crippen LogP contribution < -0.4 is 5.73 Å². The normalized spacial score (nSPS) is 23.9. The molecule has 1 unspecified atom stereocenters. The second-order valence-corrected chi connectivity index (χ2v) is 2.87. The van der Waals surface area contributed by atoms with Crippen LogP contribution in [-0.2, 0) is 9.53 Å². The number of ether oxygens (including phenoxy) is 1. The minimum Gasteiger partial charge on any atom is -0.469 e. The molecule has 1 rings (SSSR count). The molecule has 0 fully saturated rings. The Morgan fingerprint density at radius 3 is 2.82 bits per heavy atom. The van der Waals surface area contributed by atoms with E-state index >= 15 is 0 Å². The number of hydrogen-bond donors (Lipinski definition) is 1. The summed E-state index contributed by atoms with van der Waals surface area (Å²) in [6.07, 6.45) is 2.41. The molecule has 3 heteroatoms. The Bertz CT molecular complexity index is 198. The highest BCUT2D eigenvalue weighted by Crippen LogP contribution is 2.28. The van der Waals surface area contributed by atoms with E-state index in [0.717, 1.165) is 0 Å². The Kier molecular flexibility index (Phi) is 2.29. The summed E-state index contributed by atoms with van der Waals surface area (Å²) in [6.45, 7) is 1.98. The van der Waals surface area contributed by atoms with E-state index < -0.39 is 0 Å². The van der Waals surface area contributed by atoms with Crippen LogP contribution in [0.1, 0.15) is 13.3 Å². The molecule has 0 aliphatic heterocycles. The third-order valence-electron chi connectivity index (χ3n) is 1.92. The molecule has 0 saturated carbocycles. The highest BCUT2D eigenvalue weighted by atomic mass is 16.5. The van der Waals surface area contributed by atoms with Gasteiger partial charge in [-0.1, -0.05) is 13.0 Å². The molecule has 1 aliphatic carbocycles. The van der Waals surface area contributed by atoms with Crippen molar-refractivity contribution in [3.05, 3.63) is 11.6 Å². The van der Waals surface area contributed by atoms with E-state index in [4.69, 9.17) is 5.73 Å². The van der Waals surface area contributed by atoms with Gasteiger partial charge in [0.05, 0.1) is 13.5 Å². The lowest BCUT2D eigenvalue weighted by atomic mass is 10.0. The van der Waals surface area contributed by atoms with Gasteiger partial charge in [-0.2, -0.15) is 0 Å². The standard InChI is InChI=1S/C8H13NO2/c1-5(3-8(10)11-2)6-4-7(6)9/h4-5,7H,3,9H2,1-2H3/t5?,7-/m1/s1. The van der Waals surface area contributed by atoms with Crippen molar-refractivity contribution in [2.24, 2.45) is 11.7 Å². The average molecular weight is 155 g/mol. The predicted octanol–water partition coefficient (Wildman–Crippen LogP) is 0.453. The number of methoxy groups -OCH3 is 1. The molecule has 3 nitrogen and oxygen atoms in total. The second-order valence-electron chi connectivity index (χ2n) is 2.87. The van der Waals surface area contributed by atoms with E-state index in [2.05, 4.69) is 4.74 Å². The predicted molar refractivity (Wildman–Crippen MR) is 41.9 cm³/mol. The first kappa shape index (κ1) is 8.27. The van der Waals surface area contributed by atoms with Gasteiger partial charge in [-0.3, -0.25) is 4.79 Å². The first-order valence-corrected chi connectivity index (χ1v) is 3.69. The summed E-state index contributed by atoms with van der Waals surface area (Å²) < 4.78 is 4.53. The quantitative estimate of drug-likeness (QED) is 0.475. The largest absolute Gasteiger partial charge is 0.469 e. The molecule has 0 spiro atoms. The fourth-order valence-electron chi connectivity index (χ4n) is 1.10. The van der Waals surface area contributed by atoms with Crippen molar-refractivity contribution in [1.29, 1.82) is 0 Å². The van der Waals surface area contributed by atoms with E-state index in [1.165, 1.54) is 12.7 Å². The van der Waals surface area contributed by atoms with Gasteiger partial charge in [0.1, 0.15) is 0 Å². The number of carbonyl (C=O) groups excluding carboxylic acids is 1. The molecule has 11 heavy (non-hydrogen) atoms. The maximum absolute atomic E-state index is 10.8. The SMILES string of the molecule is COC(=O)CC(C)C1=C[C@H]1N. The van der Waals surface area contributed by atoms with Gasteiger partial charge in [0, 0.05) is 6.04 Å². The Hall–Kier alpha value is -0.830. The lowest BCUT2D eigenvalue weighted by Gasteiger charge is -2.05. The van der Waals surface area contributed by atoms with Crippen molar-refractivity contribution in [3.63, 3.8) is 0 Å². The van der Waals surface area contributed by atoms with Crippen LogP contribution in [0.5, 0.6) is 0 Å². The van der Waals surface area contributed by atoms with Gasteiger partial charge in [0.15, 0.2) is 0 Å². The molecule has 0 saturated heterocycles. The van der Waals surface area contributed by atoms with E-state index in [1.54, 1.807) is 0 Å². The molecule has 62 valence electrons. The topological polar surface area (TPSA) is 52.3 Å². The summed E-state index contributed by atoms with van der Waals surface area (Å²) in [5.41, 5.74) is 6.72. The Balaban J connectivity index is 2.27. The van der Waals surface area contributed by atoms with E-state index in [9.17, 15) is 4.79 Å². The molecule has 1 aliphatic rings. The minimum absolute atomic E-state index is 0.120. The van der Waals surface area contributed by atoms with Gasteiger partial charge in [0.2, 0.25) is 0 Å². The lowest BCUT2D eigenvalue weighted by molar-refractivity contribution is -0.141. The van der Waals surface area contributed by atoms with Crippen molar-refractivity contribution in [1.82, 2.24) is 0 Å². The van der Waals surface area contributed by atoms with E-state index in [1.807, 2.05) is 13.0 Å². The number of rotatable bonds is 3. The molecule has 2 N–H and O–H groups in total. The summed E-state index contributed by atoms with van der Waals surface area (Å²) >= 11 is 0. The second kappa shape index (κ2) is 3.05. The van der Waals surface area contributed by atoms with Gasteiger partial charge in [-0.15, -0.1) is 0 Å². The molecular weight excluding hydrogens is 142 g/mol. The summed E-state index contributed by atoms with van der Waals surface area (Å²) in [5, 5.41) is 0. The monoisotopic (exact) mass is 155 g/mol. The molecule has 0 radical (unpaired) electrons. The van der Waals surface area contributed by atoms with Crippen LogP contribution in [-0.4, -0.2) is 19.1 Å². The molecule has 2 atom stereocenters. The van der Waals surface area contributed by atoms with Gasteiger partial charge < -0.3 is 10.5 Å². The molecule has 0 aromatic heterocycles. The zero-order valence-electron chi connectivity index (χ0n) is 6.83. The van der Waals surface area contributed by atoms with Gasteiger partial charge in [-0.25, -0.2) is 0 Å². The number of hydrogen-bond acceptors (Lipinski definition) is 3. The number of carbonyl (C=O) groups is 1. The zero-order chi connectivity index (χ0) is 8.43. The van der Waals surface area contributed by atoms with Crippen molar-refractivity contribution in [2.75, 3.05) is 7.11 Å². The van der Waals surface area contributed by atoms with Crippen LogP contribution >= 0.6 is 0 Å². The summed E-state index contributed by atoms with van der Waals surface area (Å²) in [6, 6.07) is 0.120. The van der Waals surface area contributed by atoms with E-state index in [-0.39, 0.29) is 17.9 Å². The molecule has 0 aromatic carbocycles. The first-order valence-electron chi connectivity index (χ1n) is 3.69. The molecule has 0 bridgehead atoms. The molecule has 0 amide bonds. The fourth-order valence-corrected chi connectivity index (χ4v) is 1.10. The molecular formula is C8H13NO2. The fraction of sp³-hybridized carbons (Fsp3) is 0.625. The summed E-state index contributed by atoms with van der Waals surface area (Å²) in [7, 11) is 1.40. The highest BCUT2D eigenvalue weighted by molar-refractivity contribution is 5.70. The van der Waals surface area contributed by atoms with Crippen LogP contribution in [0, 0.1) is 5.92 Å². The Labute approximate surface area is 66.2 Å². The van der Waals surface area contributed by atoms with Crippen LogP contribution in [0.4, 0.5) is 0 Å². The van der Waals surface area contributed by atoms with Crippen molar-refractivity contribution < 1.29 is 9.53 Å². The lowest BCUT2D eigenvalue weighted by Crippen LogP contribution is -2.12. The first-order chi connectivity index (χ1) is 5.15. The van der Waals surface area contributed by atoms with Crippen LogP contribution in [0.25, 0.3) is 0 Å². The average Bonchev–Trinajstić information content (AvgIpc) is 2.66. The van der Waals surface area contributed by atoms with Crippen molar-refractivity contribution >= 4 is 5.97 Å². The third kappa shape index (κ3) is 2.05. The van der Waals surface area contributed by atoms with E-state index in [0.29, 0.717) is 6.42 Å². The number of esters is 1. The summed E-state index contributed by atoms with van der Waals surface area (Å²) in [4.78, 5) is 10.8. The number of nitrogens with two attached hydrogens (primary N) is 1. The van der Waals surface area contributed by atoms with Crippen molar-refractivity contribution in [2.45, 2.75) is 19.4 Å². The van der Waals surface area contributed by atoms with Gasteiger partial charge in [-0.05, 0) is 11.5 Å². The highest BCUT2D eigenvalue weighted by Gasteiger charge is 2.26. The zero-order valence-corrected chi connectivity index (χ0v) is 6.83. The van der Waals surface area contributed by atoms with Gasteiger partial charge in [0.25, 0.3) is 0 Å². The summed E-state index contributed by atoms with van der Waals surface area (Å²) in [5.74, 6) is 0.0787. The maximum Gasteiger partial charge on any atom is 0.306 e. The molecule has 0 heterocycles. The third-order valence-corrected chi connectivity index (χ3v) is 1.92. The Morgan fingerprint density at radius 2 is 2.45 bits per heavy atom. The van der Waals surface area contributed by atoms with Crippen molar-refractivity contribution in [3.8, 4) is 0 Å². The van der Waals surface area contributed by atoms with Gasteiger partial charge >= 0.3 is 5.97 Å².